The number of aliphatic hydroxyl groups is 1. The molecule has 0 aromatic carbocycles. The van der Waals surface area contributed by atoms with E-state index in [0.29, 0.717) is 12.8 Å². The van der Waals surface area contributed by atoms with E-state index in [2.05, 4.69) is 0 Å². The van der Waals surface area contributed by atoms with Gasteiger partial charge in [0.2, 0.25) is 0 Å². The maximum absolute atomic E-state index is 11.2. The number of hydrogen-bond acceptors (Lipinski definition) is 1. The minimum atomic E-state index is -0.337. The van der Waals surface area contributed by atoms with Crippen molar-refractivity contribution in [1.82, 2.24) is 0 Å². The van der Waals surface area contributed by atoms with Gasteiger partial charge in [-0.15, -0.1) is 0 Å². The zero-order valence-corrected chi connectivity index (χ0v) is 4.52. The van der Waals surface area contributed by atoms with Crippen LogP contribution in [0.3, 0.4) is 0 Å². The summed E-state index contributed by atoms with van der Waals surface area (Å²) in [4.78, 5) is 0. The van der Waals surface area contributed by atoms with Crippen molar-refractivity contribution >= 4 is 0 Å². The van der Waals surface area contributed by atoms with Gasteiger partial charge >= 0.3 is 0 Å². The lowest BCUT2D eigenvalue weighted by atomic mass is 10.2. The molecule has 0 bridgehead atoms. The van der Waals surface area contributed by atoms with Crippen molar-refractivity contribution < 1.29 is 9.50 Å². The topological polar surface area (TPSA) is 20.2 Å². The minimum Gasteiger partial charge on any atom is -0.393 e. The molecule has 0 radical (unpaired) electrons. The fourth-order valence-corrected chi connectivity index (χ4v) is 0.373. The van der Waals surface area contributed by atoms with E-state index in [1.54, 1.807) is 6.92 Å². The summed E-state index contributed by atoms with van der Waals surface area (Å²) in [6.45, 7) is 1.35. The molecule has 1 nitrogen and oxygen atoms in total. The maximum atomic E-state index is 11.2. The van der Waals surface area contributed by atoms with Gasteiger partial charge in [0.1, 0.15) is 0 Å². The second-order valence-electron chi connectivity index (χ2n) is 1.68. The van der Waals surface area contributed by atoms with Crippen LogP contribution in [0.4, 0.5) is 4.39 Å². The Hall–Kier alpha value is -0.110. The van der Waals surface area contributed by atoms with Crippen LogP contribution in [0.5, 0.6) is 0 Å². The van der Waals surface area contributed by atoms with Gasteiger partial charge in [-0.05, 0) is 19.8 Å². The molecule has 7 heavy (non-hydrogen) atoms. The second-order valence-corrected chi connectivity index (χ2v) is 1.68. The zero-order chi connectivity index (χ0) is 5.70. The molecule has 0 rings (SSSR count). The first-order valence-corrected chi connectivity index (χ1v) is 2.51. The first-order valence-electron chi connectivity index (χ1n) is 2.51. The van der Waals surface area contributed by atoms with Gasteiger partial charge in [0, 0.05) is 0 Å². The van der Waals surface area contributed by atoms with Crippen LogP contribution in [0.2, 0.25) is 0 Å². The van der Waals surface area contributed by atoms with Crippen molar-refractivity contribution in [3.05, 3.63) is 0 Å². The van der Waals surface area contributed by atoms with Crippen LogP contribution in [0.25, 0.3) is 0 Å². The Balaban J connectivity index is 2.68. The molecule has 0 saturated heterocycles. The van der Waals surface area contributed by atoms with E-state index in [9.17, 15) is 4.39 Å². The van der Waals surface area contributed by atoms with Crippen molar-refractivity contribution in [2.24, 2.45) is 0 Å². The fraction of sp³-hybridized carbons (Fsp3) is 1.00. The molecule has 44 valence electrons. The highest BCUT2D eigenvalue weighted by Crippen LogP contribution is 1.94. The normalized spacial score (nSPS) is 14.1. The Labute approximate surface area is 43.2 Å². The number of alkyl halides is 1. The molecule has 0 aliphatic heterocycles. The van der Waals surface area contributed by atoms with Crippen LogP contribution < -0.4 is 0 Å². The van der Waals surface area contributed by atoms with Crippen LogP contribution in [-0.2, 0) is 0 Å². The average Bonchev–Trinajstić information content (AvgIpc) is 1.61. The van der Waals surface area contributed by atoms with Crippen molar-refractivity contribution in [3.63, 3.8) is 0 Å². The zero-order valence-electron chi connectivity index (χ0n) is 4.52. The maximum Gasteiger partial charge on any atom is 0.0895 e. The molecule has 0 aliphatic carbocycles. The van der Waals surface area contributed by atoms with Crippen LogP contribution in [0.15, 0.2) is 0 Å². The molecular formula is C5H11FO. The molecule has 0 unspecified atom stereocenters. The smallest absolute Gasteiger partial charge is 0.0895 e. The summed E-state index contributed by atoms with van der Waals surface area (Å²) in [7, 11) is 0. The molecule has 1 N–H and O–H groups in total. The number of halogens is 1. The number of rotatable bonds is 3. The second kappa shape index (κ2) is 4.06. The summed E-state index contributed by atoms with van der Waals surface area (Å²) >= 11 is 0. The quantitative estimate of drug-likeness (QED) is 0.571. The number of aliphatic hydroxyl groups excluding tert-OH is 1. The van der Waals surface area contributed by atoms with E-state index < -0.39 is 0 Å². The average molecular weight is 106 g/mol. The SMILES string of the molecule is C[C@@H](O)CCCF. The lowest BCUT2D eigenvalue weighted by molar-refractivity contribution is 0.177. The molecule has 0 fully saturated rings. The van der Waals surface area contributed by atoms with Crippen LogP contribution in [0, 0.1) is 0 Å². The monoisotopic (exact) mass is 106 g/mol. The largest absolute Gasteiger partial charge is 0.393 e. The molecule has 0 saturated carbocycles. The summed E-state index contributed by atoms with van der Waals surface area (Å²) in [6, 6.07) is 0. The van der Waals surface area contributed by atoms with E-state index >= 15 is 0 Å². The lowest BCUT2D eigenvalue weighted by Gasteiger charge is -1.97. The molecular weight excluding hydrogens is 95.1 g/mol. The summed E-state index contributed by atoms with van der Waals surface area (Å²) in [5, 5.41) is 8.52. The van der Waals surface area contributed by atoms with E-state index in [1.807, 2.05) is 0 Å². The predicted octanol–water partition coefficient (Wildman–Crippen LogP) is 1.12. The van der Waals surface area contributed by atoms with E-state index in [0.717, 1.165) is 0 Å². The third kappa shape index (κ3) is 5.89. The van der Waals surface area contributed by atoms with Crippen LogP contribution >= 0.6 is 0 Å². The van der Waals surface area contributed by atoms with Crippen molar-refractivity contribution in [3.8, 4) is 0 Å². The molecule has 0 aliphatic rings. The van der Waals surface area contributed by atoms with Gasteiger partial charge in [0.15, 0.2) is 0 Å². The third-order valence-electron chi connectivity index (χ3n) is 0.756. The van der Waals surface area contributed by atoms with E-state index in [1.165, 1.54) is 0 Å². The van der Waals surface area contributed by atoms with Gasteiger partial charge in [0.05, 0.1) is 12.8 Å². The van der Waals surface area contributed by atoms with E-state index in [4.69, 9.17) is 5.11 Å². The van der Waals surface area contributed by atoms with Gasteiger partial charge < -0.3 is 5.11 Å². The molecule has 2 heteroatoms. The van der Waals surface area contributed by atoms with Gasteiger partial charge in [-0.1, -0.05) is 0 Å². The predicted molar refractivity (Wildman–Crippen MR) is 26.9 cm³/mol. The van der Waals surface area contributed by atoms with Crippen molar-refractivity contribution in [2.45, 2.75) is 25.9 Å². The van der Waals surface area contributed by atoms with E-state index in [-0.39, 0.29) is 12.8 Å². The highest BCUT2D eigenvalue weighted by atomic mass is 19.1. The molecule has 1 atom stereocenters. The molecule has 0 amide bonds. The van der Waals surface area contributed by atoms with Gasteiger partial charge in [-0.25, -0.2) is 0 Å². The van der Waals surface area contributed by atoms with Gasteiger partial charge in [0.25, 0.3) is 0 Å². The Kier molecular flexibility index (Phi) is 4.00. The molecule has 0 aromatic heterocycles. The summed E-state index contributed by atoms with van der Waals surface area (Å²) in [5.41, 5.74) is 0. The molecule has 0 heterocycles. The summed E-state index contributed by atoms with van der Waals surface area (Å²) < 4.78 is 11.2. The van der Waals surface area contributed by atoms with Crippen molar-refractivity contribution in [2.75, 3.05) is 6.67 Å². The Morgan fingerprint density at radius 1 is 1.71 bits per heavy atom. The standard InChI is InChI=1S/C5H11FO/c1-5(7)3-2-4-6/h5,7H,2-4H2,1H3/t5-/m1/s1. The lowest BCUT2D eigenvalue weighted by Crippen LogP contribution is -1.98. The Morgan fingerprint density at radius 3 is 2.43 bits per heavy atom. The molecule has 0 spiro atoms. The molecule has 0 aromatic rings. The van der Waals surface area contributed by atoms with Gasteiger partial charge in [-0.3, -0.25) is 4.39 Å². The summed E-state index contributed by atoms with van der Waals surface area (Å²) in [6.07, 6.45) is 0.726. The first kappa shape index (κ1) is 6.89. The highest BCUT2D eigenvalue weighted by molar-refractivity contribution is 4.44. The van der Waals surface area contributed by atoms with Crippen LogP contribution in [-0.4, -0.2) is 17.9 Å². The highest BCUT2D eigenvalue weighted by Gasteiger charge is 1.91. The fourth-order valence-electron chi connectivity index (χ4n) is 0.373. The first-order chi connectivity index (χ1) is 3.27. The third-order valence-corrected chi connectivity index (χ3v) is 0.756. The van der Waals surface area contributed by atoms with Crippen molar-refractivity contribution in [1.29, 1.82) is 0 Å². The Bertz CT molecular complexity index is 37.1. The minimum absolute atomic E-state index is 0.315. The number of hydrogen-bond donors (Lipinski definition) is 1. The summed E-state index contributed by atoms with van der Waals surface area (Å²) in [5.74, 6) is 0. The Morgan fingerprint density at radius 2 is 2.29 bits per heavy atom. The van der Waals surface area contributed by atoms with Gasteiger partial charge in [-0.2, -0.15) is 0 Å². The van der Waals surface area contributed by atoms with Crippen LogP contribution in [0.1, 0.15) is 19.8 Å².